The molecule has 0 radical (unpaired) electrons. The van der Waals surface area contributed by atoms with Gasteiger partial charge in [-0.25, -0.2) is 8.42 Å². The molecule has 3 rings (SSSR count). The summed E-state index contributed by atoms with van der Waals surface area (Å²) in [6.07, 6.45) is 0. The maximum Gasteiger partial charge on any atom is 0.271 e. The Labute approximate surface area is 151 Å². The quantitative estimate of drug-likeness (QED) is 0.651. The van der Waals surface area contributed by atoms with Gasteiger partial charge in [-0.1, -0.05) is 18.2 Å². The molecule has 0 aliphatic rings. The minimum absolute atomic E-state index is 0.300. The molecule has 0 saturated heterocycles. The molecule has 7 heteroatoms. The highest BCUT2D eigenvalue weighted by molar-refractivity contribution is 7.94. The second-order valence-electron chi connectivity index (χ2n) is 5.32. The predicted octanol–water partition coefficient (Wildman–Crippen LogP) is 4.17. The van der Waals surface area contributed by atoms with Gasteiger partial charge in [0.05, 0.1) is 7.11 Å². The van der Waals surface area contributed by atoms with E-state index in [1.807, 2.05) is 36.4 Å². The van der Waals surface area contributed by atoms with Crippen LogP contribution < -0.4 is 14.8 Å². The van der Waals surface area contributed by atoms with E-state index in [4.69, 9.17) is 4.74 Å². The standard InChI is InChI=1S/C18H18N2O3S2/c1-23-17-10-4-14(5-11-17)13-19-15-6-8-16(9-7-15)20-25(21,22)18-3-2-12-24-18/h2-12,19-20H,13H2,1H3. The van der Waals surface area contributed by atoms with Crippen LogP contribution in [-0.4, -0.2) is 15.5 Å². The van der Waals surface area contributed by atoms with Gasteiger partial charge in [0, 0.05) is 17.9 Å². The van der Waals surface area contributed by atoms with Crippen molar-refractivity contribution in [3.63, 3.8) is 0 Å². The molecule has 2 aromatic carbocycles. The molecule has 0 spiro atoms. The Morgan fingerprint density at radius 1 is 0.960 bits per heavy atom. The van der Waals surface area contributed by atoms with E-state index in [2.05, 4.69) is 10.0 Å². The van der Waals surface area contributed by atoms with E-state index < -0.39 is 10.0 Å². The average molecular weight is 374 g/mol. The van der Waals surface area contributed by atoms with Crippen molar-refractivity contribution in [3.05, 3.63) is 71.6 Å². The van der Waals surface area contributed by atoms with Crippen LogP contribution in [0.15, 0.2) is 70.3 Å². The summed E-state index contributed by atoms with van der Waals surface area (Å²) in [6, 6.07) is 18.3. The molecule has 2 N–H and O–H groups in total. The largest absolute Gasteiger partial charge is 0.497 e. The number of benzene rings is 2. The fourth-order valence-electron chi connectivity index (χ4n) is 2.23. The number of methoxy groups -OCH3 is 1. The van der Waals surface area contributed by atoms with Crippen LogP contribution in [0.25, 0.3) is 0 Å². The third kappa shape index (κ3) is 4.52. The molecule has 5 nitrogen and oxygen atoms in total. The first kappa shape index (κ1) is 17.3. The Morgan fingerprint density at radius 3 is 2.24 bits per heavy atom. The van der Waals surface area contributed by atoms with Crippen LogP contribution in [0.5, 0.6) is 5.75 Å². The molecule has 0 amide bonds. The summed E-state index contributed by atoms with van der Waals surface area (Å²) < 4.78 is 32.4. The van der Waals surface area contributed by atoms with E-state index in [1.165, 1.54) is 11.3 Å². The summed E-state index contributed by atoms with van der Waals surface area (Å²) in [6.45, 7) is 0.671. The highest BCUT2D eigenvalue weighted by Gasteiger charge is 2.14. The topological polar surface area (TPSA) is 67.4 Å². The smallest absolute Gasteiger partial charge is 0.271 e. The molecule has 0 unspecified atom stereocenters. The highest BCUT2D eigenvalue weighted by Crippen LogP contribution is 2.21. The van der Waals surface area contributed by atoms with Crippen molar-refractivity contribution in [2.75, 3.05) is 17.1 Å². The van der Waals surface area contributed by atoms with Crippen LogP contribution in [0.4, 0.5) is 11.4 Å². The number of sulfonamides is 1. The maximum absolute atomic E-state index is 12.2. The van der Waals surface area contributed by atoms with Crippen molar-refractivity contribution in [1.82, 2.24) is 0 Å². The lowest BCUT2D eigenvalue weighted by Gasteiger charge is -2.10. The Hall–Kier alpha value is -2.51. The minimum Gasteiger partial charge on any atom is -0.497 e. The lowest BCUT2D eigenvalue weighted by Crippen LogP contribution is -2.11. The van der Waals surface area contributed by atoms with E-state index in [9.17, 15) is 8.42 Å². The summed E-state index contributed by atoms with van der Waals surface area (Å²) in [7, 11) is -1.87. The number of ether oxygens (including phenoxy) is 1. The molecule has 0 fully saturated rings. The van der Waals surface area contributed by atoms with Gasteiger partial charge in [0.15, 0.2) is 0 Å². The van der Waals surface area contributed by atoms with Crippen molar-refractivity contribution in [2.24, 2.45) is 0 Å². The van der Waals surface area contributed by atoms with E-state index in [-0.39, 0.29) is 0 Å². The lowest BCUT2D eigenvalue weighted by molar-refractivity contribution is 0.414. The molecule has 0 saturated carbocycles. The average Bonchev–Trinajstić information content (AvgIpc) is 3.17. The first-order valence-corrected chi connectivity index (χ1v) is 9.96. The molecule has 1 aromatic heterocycles. The van der Waals surface area contributed by atoms with Gasteiger partial charge in [-0.15, -0.1) is 11.3 Å². The van der Waals surface area contributed by atoms with Gasteiger partial charge >= 0.3 is 0 Å². The predicted molar refractivity (Wildman–Crippen MR) is 102 cm³/mol. The van der Waals surface area contributed by atoms with Gasteiger partial charge in [0.2, 0.25) is 0 Å². The Kier molecular flexibility index (Phi) is 5.25. The van der Waals surface area contributed by atoms with E-state index in [0.717, 1.165) is 17.0 Å². The van der Waals surface area contributed by atoms with Crippen LogP contribution in [0.3, 0.4) is 0 Å². The third-order valence-electron chi connectivity index (χ3n) is 3.55. The molecular formula is C18H18N2O3S2. The second kappa shape index (κ2) is 7.58. The Morgan fingerprint density at radius 2 is 1.64 bits per heavy atom. The van der Waals surface area contributed by atoms with Gasteiger partial charge in [-0.2, -0.15) is 0 Å². The van der Waals surface area contributed by atoms with Gasteiger partial charge < -0.3 is 10.1 Å². The van der Waals surface area contributed by atoms with Crippen LogP contribution in [0, 0.1) is 0 Å². The summed E-state index contributed by atoms with van der Waals surface area (Å²) in [5, 5.41) is 5.04. The number of hydrogen-bond donors (Lipinski definition) is 2. The van der Waals surface area contributed by atoms with Gasteiger partial charge in [-0.05, 0) is 53.4 Å². The number of thiophene rings is 1. The first-order valence-electron chi connectivity index (χ1n) is 7.60. The molecule has 1 heterocycles. The second-order valence-corrected chi connectivity index (χ2v) is 8.17. The molecule has 3 aromatic rings. The SMILES string of the molecule is COc1ccc(CNc2ccc(NS(=O)(=O)c3cccs3)cc2)cc1. The molecule has 25 heavy (non-hydrogen) atoms. The molecule has 0 bridgehead atoms. The number of hydrogen-bond acceptors (Lipinski definition) is 5. The van der Waals surface area contributed by atoms with Crippen LogP contribution in [-0.2, 0) is 16.6 Å². The summed E-state index contributed by atoms with van der Waals surface area (Å²) in [4.78, 5) is 0. The van der Waals surface area contributed by atoms with Gasteiger partial charge in [0.25, 0.3) is 10.0 Å². The summed E-state index contributed by atoms with van der Waals surface area (Å²) >= 11 is 1.19. The monoisotopic (exact) mass is 374 g/mol. The fourth-order valence-corrected chi connectivity index (χ4v) is 4.28. The zero-order valence-electron chi connectivity index (χ0n) is 13.6. The van der Waals surface area contributed by atoms with Crippen molar-refractivity contribution >= 4 is 32.7 Å². The Bertz CT molecular complexity index is 904. The zero-order valence-corrected chi connectivity index (χ0v) is 15.2. The molecule has 0 aliphatic heterocycles. The van der Waals surface area contributed by atoms with Gasteiger partial charge in [-0.3, -0.25) is 4.72 Å². The van der Waals surface area contributed by atoms with E-state index in [0.29, 0.717) is 16.4 Å². The molecule has 0 aliphatic carbocycles. The number of nitrogens with one attached hydrogen (secondary N) is 2. The molecule has 130 valence electrons. The van der Waals surface area contributed by atoms with Crippen molar-refractivity contribution < 1.29 is 13.2 Å². The summed E-state index contributed by atoms with van der Waals surface area (Å²) in [5.74, 6) is 0.825. The van der Waals surface area contributed by atoms with E-state index in [1.54, 1.807) is 36.8 Å². The molecular weight excluding hydrogens is 356 g/mol. The number of anilines is 2. The van der Waals surface area contributed by atoms with Gasteiger partial charge in [0.1, 0.15) is 9.96 Å². The van der Waals surface area contributed by atoms with Crippen molar-refractivity contribution in [2.45, 2.75) is 10.8 Å². The van der Waals surface area contributed by atoms with Crippen LogP contribution >= 0.6 is 11.3 Å². The highest BCUT2D eigenvalue weighted by atomic mass is 32.2. The Balaban J connectivity index is 1.60. The fraction of sp³-hybridized carbons (Fsp3) is 0.111. The molecule has 0 atom stereocenters. The van der Waals surface area contributed by atoms with Crippen molar-refractivity contribution in [3.8, 4) is 5.75 Å². The summed E-state index contributed by atoms with van der Waals surface area (Å²) in [5.41, 5.74) is 2.57. The zero-order chi connectivity index (χ0) is 17.7. The number of rotatable bonds is 7. The normalized spacial score (nSPS) is 11.1. The first-order chi connectivity index (χ1) is 12.1. The van der Waals surface area contributed by atoms with Crippen LogP contribution in [0.2, 0.25) is 0 Å². The minimum atomic E-state index is -3.51. The third-order valence-corrected chi connectivity index (χ3v) is 6.33. The van der Waals surface area contributed by atoms with E-state index >= 15 is 0 Å². The van der Waals surface area contributed by atoms with Crippen LogP contribution in [0.1, 0.15) is 5.56 Å². The maximum atomic E-state index is 12.2. The lowest BCUT2D eigenvalue weighted by atomic mass is 10.2. The van der Waals surface area contributed by atoms with Crippen molar-refractivity contribution in [1.29, 1.82) is 0 Å².